The molecule has 0 spiro atoms. The van der Waals surface area contributed by atoms with Crippen molar-refractivity contribution in [3.63, 3.8) is 0 Å². The molecule has 1 saturated heterocycles. The van der Waals surface area contributed by atoms with Gasteiger partial charge in [-0.25, -0.2) is 13.6 Å². The van der Waals surface area contributed by atoms with Crippen LogP contribution in [0, 0.1) is 11.6 Å². The van der Waals surface area contributed by atoms with Crippen LogP contribution in [0.25, 0.3) is 22.0 Å². The molecule has 186 valence electrons. The van der Waals surface area contributed by atoms with E-state index in [4.69, 9.17) is 11.6 Å². The molecule has 0 radical (unpaired) electrons. The van der Waals surface area contributed by atoms with E-state index in [9.17, 15) is 13.6 Å². The van der Waals surface area contributed by atoms with E-state index in [1.807, 2.05) is 31.2 Å². The summed E-state index contributed by atoms with van der Waals surface area (Å²) >= 11 is 5.82. The molecule has 2 heterocycles. The summed E-state index contributed by atoms with van der Waals surface area (Å²) in [5.41, 5.74) is 1.91. The number of halogens is 4. The highest BCUT2D eigenvalue weighted by Crippen LogP contribution is 2.33. The normalized spacial score (nSPS) is 15.5. The van der Waals surface area contributed by atoms with Gasteiger partial charge in [-0.15, -0.1) is 22.6 Å². The zero-order valence-corrected chi connectivity index (χ0v) is 20.9. The van der Waals surface area contributed by atoms with Crippen molar-refractivity contribution in [2.24, 2.45) is 0 Å². The van der Waals surface area contributed by atoms with Gasteiger partial charge in [0.1, 0.15) is 17.3 Å². The number of fused-ring (bicyclic) bond motifs is 1. The van der Waals surface area contributed by atoms with E-state index in [-0.39, 0.29) is 35.3 Å². The van der Waals surface area contributed by atoms with E-state index < -0.39 is 5.82 Å². The van der Waals surface area contributed by atoms with Crippen molar-refractivity contribution < 1.29 is 13.6 Å². The summed E-state index contributed by atoms with van der Waals surface area (Å²) in [4.78, 5) is 16.6. The number of amides is 2. The van der Waals surface area contributed by atoms with Crippen LogP contribution in [0.4, 0.5) is 25.1 Å². The molecule has 0 aliphatic carbocycles. The van der Waals surface area contributed by atoms with E-state index in [0.717, 1.165) is 22.2 Å². The fraction of sp³-hybridized carbons (Fsp3) is 0.192. The molecule has 0 bridgehead atoms. The Kier molecular flexibility index (Phi) is 7.56. The van der Waals surface area contributed by atoms with Crippen molar-refractivity contribution >= 4 is 52.3 Å². The molecule has 4 aromatic rings. The molecule has 1 N–H and O–H groups in total. The second-order valence-corrected chi connectivity index (χ2v) is 8.88. The first kappa shape index (κ1) is 25.6. The van der Waals surface area contributed by atoms with Gasteiger partial charge < -0.3 is 15.1 Å². The quantitative estimate of drug-likeness (QED) is 0.334. The van der Waals surface area contributed by atoms with Crippen molar-refractivity contribution in [2.45, 2.75) is 13.0 Å². The molecule has 0 saturated carbocycles. The van der Waals surface area contributed by atoms with Crippen molar-refractivity contribution in [1.29, 1.82) is 0 Å². The monoisotopic (exact) mass is 529 g/mol. The summed E-state index contributed by atoms with van der Waals surface area (Å²) < 4.78 is 26.8. The summed E-state index contributed by atoms with van der Waals surface area (Å²) in [5.74, 6) is -0.101. The van der Waals surface area contributed by atoms with Crippen LogP contribution in [0.3, 0.4) is 0 Å². The largest absolute Gasteiger partial charge is 0.348 e. The van der Waals surface area contributed by atoms with Crippen molar-refractivity contribution in [3.05, 3.63) is 83.4 Å². The SMILES string of the molecule is CC1CN(C(=O)Nc2ccc(F)c(Cl)c2)CCN1c1nnc(-c2ccc(F)cc2)c2ccccc12.Cl. The maximum absolute atomic E-state index is 13.4. The topological polar surface area (TPSA) is 61.4 Å². The van der Waals surface area contributed by atoms with Crippen LogP contribution in [-0.4, -0.2) is 46.8 Å². The summed E-state index contributed by atoms with van der Waals surface area (Å²) in [7, 11) is 0. The lowest BCUT2D eigenvalue weighted by Gasteiger charge is -2.40. The first-order valence-electron chi connectivity index (χ1n) is 11.2. The zero-order valence-electron chi connectivity index (χ0n) is 19.3. The van der Waals surface area contributed by atoms with Gasteiger partial charge >= 0.3 is 6.03 Å². The average molecular weight is 530 g/mol. The third-order valence-corrected chi connectivity index (χ3v) is 6.43. The lowest BCUT2D eigenvalue weighted by molar-refractivity contribution is 0.200. The predicted octanol–water partition coefficient (Wildman–Crippen LogP) is 6.39. The van der Waals surface area contributed by atoms with E-state index in [2.05, 4.69) is 20.4 Å². The number of benzene rings is 3. The van der Waals surface area contributed by atoms with Gasteiger partial charge in [0.2, 0.25) is 0 Å². The Balaban J connectivity index is 0.00000304. The number of rotatable bonds is 3. The Bertz CT molecular complexity index is 1400. The number of nitrogens with one attached hydrogen (secondary N) is 1. The van der Waals surface area contributed by atoms with Crippen LogP contribution in [0.1, 0.15) is 6.92 Å². The number of carbonyl (C=O) groups excluding carboxylic acids is 1. The van der Waals surface area contributed by atoms with E-state index in [1.165, 1.54) is 30.3 Å². The fourth-order valence-corrected chi connectivity index (χ4v) is 4.54. The van der Waals surface area contributed by atoms with Crippen LogP contribution < -0.4 is 10.2 Å². The molecule has 6 nitrogen and oxygen atoms in total. The van der Waals surface area contributed by atoms with Crippen LogP contribution >= 0.6 is 24.0 Å². The van der Waals surface area contributed by atoms with Gasteiger partial charge in [0.15, 0.2) is 5.82 Å². The Morgan fingerprint density at radius 2 is 1.72 bits per heavy atom. The molecule has 1 aliphatic heterocycles. The third-order valence-electron chi connectivity index (χ3n) is 6.14. The average Bonchev–Trinajstić information content (AvgIpc) is 2.86. The fourth-order valence-electron chi connectivity index (χ4n) is 4.36. The van der Waals surface area contributed by atoms with E-state index in [0.29, 0.717) is 31.0 Å². The molecule has 1 fully saturated rings. The number of piperazine rings is 1. The number of anilines is 2. The first-order chi connectivity index (χ1) is 16.9. The van der Waals surface area contributed by atoms with Gasteiger partial charge in [-0.1, -0.05) is 35.9 Å². The Labute approximate surface area is 218 Å². The predicted molar refractivity (Wildman–Crippen MR) is 141 cm³/mol. The maximum Gasteiger partial charge on any atom is 0.321 e. The second kappa shape index (κ2) is 10.6. The van der Waals surface area contributed by atoms with Gasteiger partial charge in [0, 0.05) is 47.7 Å². The molecule has 1 aliphatic rings. The zero-order chi connectivity index (χ0) is 24.5. The van der Waals surface area contributed by atoms with Crippen molar-refractivity contribution in [1.82, 2.24) is 15.1 Å². The van der Waals surface area contributed by atoms with Gasteiger partial charge in [0.25, 0.3) is 0 Å². The lowest BCUT2D eigenvalue weighted by Crippen LogP contribution is -2.55. The molecule has 2 amide bonds. The Hall–Kier alpha value is -3.49. The van der Waals surface area contributed by atoms with Crippen molar-refractivity contribution in [3.8, 4) is 11.3 Å². The number of urea groups is 1. The molecule has 1 aromatic heterocycles. The standard InChI is InChI=1S/C26H22ClF2N5O.ClH/c1-16-15-33(26(35)30-19-10-11-23(29)22(27)14-19)12-13-34(16)25-21-5-3-2-4-20(21)24(31-32-25)17-6-8-18(28)9-7-17;/h2-11,14,16H,12-13,15H2,1H3,(H,30,35);1H. The summed E-state index contributed by atoms with van der Waals surface area (Å²) in [6.07, 6.45) is 0. The lowest BCUT2D eigenvalue weighted by atomic mass is 10.0. The number of hydrogen-bond donors (Lipinski definition) is 1. The van der Waals surface area contributed by atoms with E-state index >= 15 is 0 Å². The smallest absolute Gasteiger partial charge is 0.321 e. The highest BCUT2D eigenvalue weighted by molar-refractivity contribution is 6.31. The van der Waals surface area contributed by atoms with Crippen LogP contribution in [-0.2, 0) is 0 Å². The van der Waals surface area contributed by atoms with Crippen LogP contribution in [0.15, 0.2) is 66.7 Å². The molecular weight excluding hydrogens is 507 g/mol. The van der Waals surface area contributed by atoms with Gasteiger partial charge in [0.05, 0.1) is 5.02 Å². The maximum atomic E-state index is 13.4. The molecule has 3 aromatic carbocycles. The van der Waals surface area contributed by atoms with Gasteiger partial charge in [-0.2, -0.15) is 0 Å². The molecule has 10 heteroatoms. The molecule has 1 unspecified atom stereocenters. The Morgan fingerprint density at radius 3 is 2.42 bits per heavy atom. The van der Waals surface area contributed by atoms with Crippen molar-refractivity contribution in [2.75, 3.05) is 29.9 Å². The summed E-state index contributed by atoms with van der Waals surface area (Å²) in [5, 5.41) is 13.6. The minimum absolute atomic E-state index is 0. The number of carbonyl (C=O) groups is 1. The second-order valence-electron chi connectivity index (χ2n) is 8.47. The molecular formula is C26H23Cl2F2N5O. The number of aromatic nitrogens is 2. The molecule has 1 atom stereocenters. The van der Waals surface area contributed by atoms with Crippen LogP contribution in [0.5, 0.6) is 0 Å². The minimum atomic E-state index is -0.536. The van der Waals surface area contributed by atoms with Gasteiger partial charge in [-0.05, 0) is 49.4 Å². The number of nitrogens with zero attached hydrogens (tertiary/aromatic N) is 4. The highest BCUT2D eigenvalue weighted by Gasteiger charge is 2.29. The molecule has 36 heavy (non-hydrogen) atoms. The number of hydrogen-bond acceptors (Lipinski definition) is 4. The van der Waals surface area contributed by atoms with E-state index in [1.54, 1.807) is 17.0 Å². The summed E-state index contributed by atoms with van der Waals surface area (Å²) in [6, 6.07) is 17.9. The highest BCUT2D eigenvalue weighted by atomic mass is 35.5. The molecule has 5 rings (SSSR count). The van der Waals surface area contributed by atoms with Crippen LogP contribution in [0.2, 0.25) is 5.02 Å². The summed E-state index contributed by atoms with van der Waals surface area (Å²) in [6.45, 7) is 3.53. The Morgan fingerprint density at radius 1 is 1.00 bits per heavy atom. The third kappa shape index (κ3) is 5.05. The first-order valence-corrected chi connectivity index (χ1v) is 11.6. The van der Waals surface area contributed by atoms with Gasteiger partial charge in [-0.3, -0.25) is 0 Å². The minimum Gasteiger partial charge on any atom is -0.348 e.